The summed E-state index contributed by atoms with van der Waals surface area (Å²) < 4.78 is 56.4. The van der Waals surface area contributed by atoms with Crippen LogP contribution in [-0.4, -0.2) is 102 Å². The van der Waals surface area contributed by atoms with Crippen LogP contribution in [0.3, 0.4) is 0 Å². The highest BCUT2D eigenvalue weighted by molar-refractivity contribution is 7.93. The van der Waals surface area contributed by atoms with Crippen molar-refractivity contribution in [1.82, 2.24) is 19.8 Å². The second kappa shape index (κ2) is 14.9. The fraction of sp³-hybridized carbons (Fsp3) is 0.450. The Bertz CT molecular complexity index is 2070. The van der Waals surface area contributed by atoms with Crippen LogP contribution in [0.15, 0.2) is 73.1 Å². The first kappa shape index (κ1) is 36.5. The zero-order valence-corrected chi connectivity index (χ0v) is 32.4. The summed E-state index contributed by atoms with van der Waals surface area (Å²) in [4.78, 5) is 11.5. The lowest BCUT2D eigenvalue weighted by Gasteiger charge is -2.28. The van der Waals surface area contributed by atoms with Crippen molar-refractivity contribution in [2.75, 3.05) is 74.5 Å². The molecule has 0 aliphatic carbocycles. The molecule has 4 heterocycles. The topological polar surface area (TPSA) is 113 Å². The van der Waals surface area contributed by atoms with Crippen molar-refractivity contribution in [1.29, 1.82) is 0 Å². The average molecular weight is 745 g/mol. The minimum absolute atomic E-state index is 0.0347. The van der Waals surface area contributed by atoms with Crippen molar-refractivity contribution >= 4 is 53.2 Å². The molecule has 2 aromatic heterocycles. The second-order valence-electron chi connectivity index (χ2n) is 15.0. The molecular weight excluding hydrogens is 693 g/mol. The van der Waals surface area contributed by atoms with E-state index in [1.54, 1.807) is 38.4 Å². The number of hydrogen-bond acceptors (Lipinski definition) is 6. The van der Waals surface area contributed by atoms with Crippen LogP contribution in [-0.2, 0) is 32.9 Å². The van der Waals surface area contributed by atoms with Gasteiger partial charge in [-0.1, -0.05) is 12.1 Å². The second-order valence-corrected chi connectivity index (χ2v) is 19.2. The highest BCUT2D eigenvalue weighted by Gasteiger charge is 2.25. The number of hydrogen-bond donors (Lipinski definition) is 2. The SMILES string of the molecule is CN1CCC(c2c[nH]c3ccc(CCS(=O)(=O)N(C)c4ccc(N(C)S(=O)(=O)CCc5ccc6[nH]cc(C7CCN(C)CC7)c6c5)cc4)cc23)CC1. The van der Waals surface area contributed by atoms with Gasteiger partial charge in [0.1, 0.15) is 0 Å². The Kier molecular flexibility index (Phi) is 10.5. The monoisotopic (exact) mass is 744 g/mol. The number of sulfonamides is 2. The lowest BCUT2D eigenvalue weighted by molar-refractivity contribution is 0.256. The fourth-order valence-electron chi connectivity index (χ4n) is 7.97. The van der Waals surface area contributed by atoms with Crippen LogP contribution in [0.5, 0.6) is 0 Å². The largest absolute Gasteiger partial charge is 0.361 e. The lowest BCUT2D eigenvalue weighted by Crippen LogP contribution is -2.31. The van der Waals surface area contributed by atoms with E-state index in [2.05, 4.69) is 70.5 Å². The number of benzene rings is 3. The summed E-state index contributed by atoms with van der Waals surface area (Å²) in [5.74, 6) is 0.948. The average Bonchev–Trinajstić information content (AvgIpc) is 3.77. The number of aromatic amines is 2. The zero-order valence-electron chi connectivity index (χ0n) is 30.8. The smallest absolute Gasteiger partial charge is 0.235 e. The van der Waals surface area contributed by atoms with Crippen molar-refractivity contribution in [3.63, 3.8) is 0 Å². The van der Waals surface area contributed by atoms with Gasteiger partial charge in [0.25, 0.3) is 0 Å². The number of nitrogens with one attached hydrogen (secondary N) is 2. The molecule has 0 radical (unpaired) electrons. The van der Waals surface area contributed by atoms with Gasteiger partial charge < -0.3 is 19.8 Å². The van der Waals surface area contributed by atoms with E-state index >= 15 is 0 Å². The van der Waals surface area contributed by atoms with Crippen molar-refractivity contribution in [2.45, 2.75) is 50.4 Å². The molecule has 2 aliphatic rings. The van der Waals surface area contributed by atoms with Gasteiger partial charge in [0, 0.05) is 48.3 Å². The van der Waals surface area contributed by atoms with Gasteiger partial charge in [0.2, 0.25) is 20.0 Å². The predicted octanol–water partition coefficient (Wildman–Crippen LogP) is 6.29. The van der Waals surface area contributed by atoms with Crippen LogP contribution in [0.25, 0.3) is 21.8 Å². The highest BCUT2D eigenvalue weighted by Crippen LogP contribution is 2.35. The summed E-state index contributed by atoms with van der Waals surface area (Å²) in [6.45, 7) is 4.33. The minimum atomic E-state index is -3.63. The van der Waals surface area contributed by atoms with E-state index in [0.717, 1.165) is 74.0 Å². The molecule has 0 spiro atoms. The van der Waals surface area contributed by atoms with E-state index in [0.29, 0.717) is 36.1 Å². The van der Waals surface area contributed by atoms with Gasteiger partial charge in [-0.25, -0.2) is 16.8 Å². The molecule has 2 N–H and O–H groups in total. The van der Waals surface area contributed by atoms with Crippen LogP contribution < -0.4 is 8.61 Å². The number of fused-ring (bicyclic) bond motifs is 2. The zero-order chi connectivity index (χ0) is 36.6. The lowest BCUT2D eigenvalue weighted by atomic mass is 9.89. The van der Waals surface area contributed by atoms with Crippen molar-refractivity contribution in [3.05, 3.63) is 95.3 Å². The number of likely N-dealkylation sites (tertiary alicyclic amines) is 2. The van der Waals surface area contributed by atoms with E-state index < -0.39 is 20.0 Å². The van der Waals surface area contributed by atoms with E-state index in [4.69, 9.17) is 0 Å². The normalized spacial score (nSPS) is 17.3. The first-order valence-corrected chi connectivity index (χ1v) is 21.7. The molecule has 2 aliphatic heterocycles. The number of aromatic nitrogens is 2. The van der Waals surface area contributed by atoms with Crippen molar-refractivity contribution in [3.8, 4) is 0 Å². The highest BCUT2D eigenvalue weighted by atomic mass is 32.2. The standard InChI is InChI=1S/C40H52N6O4S2/c1-43-19-13-31(14-20-43)37-27-41-39-11-5-29(25-35(37)39)17-23-51(47,48)45(3)33-7-9-34(10-8-33)46(4)52(49,50)24-18-30-6-12-40-36(26-30)38(28-42-40)32-15-21-44(2)22-16-32/h5-12,25-28,31-32,41-42H,13-24H2,1-4H3. The van der Waals surface area contributed by atoms with Crippen molar-refractivity contribution < 1.29 is 16.8 Å². The summed E-state index contributed by atoms with van der Waals surface area (Å²) in [6, 6.07) is 19.1. The van der Waals surface area contributed by atoms with Crippen LogP contribution in [0.2, 0.25) is 0 Å². The third-order valence-electron chi connectivity index (χ3n) is 11.6. The van der Waals surface area contributed by atoms with Crippen molar-refractivity contribution in [2.24, 2.45) is 0 Å². The van der Waals surface area contributed by atoms with Crippen LogP contribution in [0.4, 0.5) is 11.4 Å². The van der Waals surface area contributed by atoms with Gasteiger partial charge in [0.05, 0.1) is 22.9 Å². The fourth-order valence-corrected chi connectivity index (χ4v) is 10.4. The third-order valence-corrected chi connectivity index (χ3v) is 15.1. The van der Waals surface area contributed by atoms with Gasteiger partial charge in [-0.05, 0) is 161 Å². The first-order valence-electron chi connectivity index (χ1n) is 18.5. The van der Waals surface area contributed by atoms with Gasteiger partial charge in [0.15, 0.2) is 0 Å². The Balaban J connectivity index is 0.965. The molecule has 0 saturated carbocycles. The Morgan fingerprint density at radius 2 is 0.962 bits per heavy atom. The molecule has 10 nitrogen and oxygen atoms in total. The van der Waals surface area contributed by atoms with E-state index in [-0.39, 0.29) is 11.5 Å². The van der Waals surface area contributed by atoms with Gasteiger partial charge in [-0.3, -0.25) is 8.61 Å². The predicted molar refractivity (Wildman–Crippen MR) is 214 cm³/mol. The first-order chi connectivity index (χ1) is 24.9. The van der Waals surface area contributed by atoms with Gasteiger partial charge in [-0.15, -0.1) is 0 Å². The molecule has 0 unspecified atom stereocenters. The Morgan fingerprint density at radius 1 is 0.596 bits per heavy atom. The maximum atomic E-state index is 13.5. The molecule has 0 atom stereocenters. The van der Waals surface area contributed by atoms with Crippen LogP contribution in [0.1, 0.15) is 59.8 Å². The molecule has 0 amide bonds. The van der Waals surface area contributed by atoms with E-state index in [9.17, 15) is 16.8 Å². The van der Waals surface area contributed by atoms with Gasteiger partial charge in [-0.2, -0.15) is 0 Å². The summed E-state index contributed by atoms with van der Waals surface area (Å²) in [5.41, 5.74) is 7.78. The molecule has 12 heteroatoms. The molecule has 2 fully saturated rings. The molecule has 0 bridgehead atoms. The Hall–Kier alpha value is -3.84. The molecule has 5 aromatic rings. The maximum absolute atomic E-state index is 13.5. The molecule has 52 heavy (non-hydrogen) atoms. The number of nitrogens with zero attached hydrogens (tertiary/aromatic N) is 4. The quantitative estimate of drug-likeness (QED) is 0.156. The number of aryl methyl sites for hydroxylation is 2. The molecular formula is C40H52N6O4S2. The minimum Gasteiger partial charge on any atom is -0.361 e. The summed E-state index contributed by atoms with van der Waals surface area (Å²) in [7, 11) is 0.175. The Morgan fingerprint density at radius 3 is 1.33 bits per heavy atom. The number of piperidine rings is 2. The maximum Gasteiger partial charge on any atom is 0.235 e. The summed E-state index contributed by atoms with van der Waals surface area (Å²) >= 11 is 0. The van der Waals surface area contributed by atoms with E-state index in [1.807, 2.05) is 12.1 Å². The summed E-state index contributed by atoms with van der Waals surface area (Å²) in [5, 5.41) is 2.37. The number of H-pyrrole nitrogens is 2. The summed E-state index contributed by atoms with van der Waals surface area (Å²) in [6.07, 6.45) is 9.53. The Labute approximate surface area is 308 Å². The van der Waals surface area contributed by atoms with Crippen LogP contribution in [0, 0.1) is 0 Å². The third kappa shape index (κ3) is 7.76. The van der Waals surface area contributed by atoms with Crippen LogP contribution >= 0.6 is 0 Å². The van der Waals surface area contributed by atoms with Gasteiger partial charge >= 0.3 is 0 Å². The molecule has 278 valence electrons. The van der Waals surface area contributed by atoms with E-state index in [1.165, 1.54) is 30.5 Å². The molecule has 2 saturated heterocycles. The molecule has 7 rings (SSSR count). The number of rotatable bonds is 12. The number of anilines is 2. The molecule has 3 aromatic carbocycles.